The predicted molar refractivity (Wildman–Crippen MR) is 86.9 cm³/mol. The Morgan fingerprint density at radius 3 is 2.46 bits per heavy atom. The van der Waals surface area contributed by atoms with Crippen LogP contribution in [0.4, 0.5) is 13.6 Å². The van der Waals surface area contributed by atoms with Gasteiger partial charge in [-0.2, -0.15) is 8.78 Å². The number of hydrogen-bond acceptors (Lipinski definition) is 5. The van der Waals surface area contributed by atoms with Crippen LogP contribution in [0.2, 0.25) is 0 Å². The molecule has 0 aliphatic heterocycles. The van der Waals surface area contributed by atoms with E-state index in [2.05, 4.69) is 15.4 Å². The van der Waals surface area contributed by atoms with Crippen molar-refractivity contribution in [1.29, 1.82) is 0 Å². The van der Waals surface area contributed by atoms with E-state index < -0.39 is 30.6 Å². The van der Waals surface area contributed by atoms with Crippen LogP contribution >= 0.6 is 0 Å². The first-order valence-electron chi connectivity index (χ1n) is 8.23. The fourth-order valence-corrected chi connectivity index (χ4v) is 2.62. The van der Waals surface area contributed by atoms with Crippen molar-refractivity contribution in [3.05, 3.63) is 29.8 Å². The summed E-state index contributed by atoms with van der Waals surface area (Å²) in [6.07, 6.45) is 2.46. The smallest absolute Gasteiger partial charge is 0.387 e. The summed E-state index contributed by atoms with van der Waals surface area (Å²) in [5.41, 5.74) is -0.247. The second-order valence-electron chi connectivity index (χ2n) is 5.87. The molecule has 2 N–H and O–H groups in total. The number of hydrogen-bond donors (Lipinski definition) is 2. The SMILES string of the molecule is C[C@H](OC(=O)c1ccccc1OC(F)F)C(=O)NC(=O)NC1CCCC1. The van der Waals surface area contributed by atoms with Crippen LogP contribution in [0.1, 0.15) is 43.0 Å². The van der Waals surface area contributed by atoms with Gasteiger partial charge in [0.2, 0.25) is 0 Å². The molecule has 7 nitrogen and oxygen atoms in total. The molecule has 0 unspecified atom stereocenters. The summed E-state index contributed by atoms with van der Waals surface area (Å²) in [4.78, 5) is 35.8. The molecule has 1 aliphatic carbocycles. The van der Waals surface area contributed by atoms with Gasteiger partial charge in [-0.3, -0.25) is 10.1 Å². The van der Waals surface area contributed by atoms with Crippen LogP contribution in [0.15, 0.2) is 24.3 Å². The molecular formula is C17H20F2N2O5. The molecule has 0 aromatic heterocycles. The second-order valence-corrected chi connectivity index (χ2v) is 5.87. The third-order valence-corrected chi connectivity index (χ3v) is 3.90. The molecule has 1 fully saturated rings. The minimum Gasteiger partial charge on any atom is -0.449 e. The van der Waals surface area contributed by atoms with E-state index in [0.29, 0.717) is 0 Å². The van der Waals surface area contributed by atoms with E-state index in [1.165, 1.54) is 31.2 Å². The van der Waals surface area contributed by atoms with Gasteiger partial charge in [0, 0.05) is 6.04 Å². The number of carbonyl (C=O) groups excluding carboxylic acids is 3. The zero-order valence-electron chi connectivity index (χ0n) is 14.2. The van der Waals surface area contributed by atoms with Crippen molar-refractivity contribution >= 4 is 17.9 Å². The van der Waals surface area contributed by atoms with Gasteiger partial charge < -0.3 is 14.8 Å². The molecule has 1 aliphatic rings. The number of carbonyl (C=O) groups is 3. The first-order valence-corrected chi connectivity index (χ1v) is 8.23. The lowest BCUT2D eigenvalue weighted by atomic mass is 10.2. The number of alkyl halides is 2. The lowest BCUT2D eigenvalue weighted by Crippen LogP contribution is -2.47. The Kier molecular flexibility index (Phi) is 6.88. The number of urea groups is 1. The Hall–Kier alpha value is -2.71. The third-order valence-electron chi connectivity index (χ3n) is 3.90. The van der Waals surface area contributed by atoms with Crippen molar-refractivity contribution in [3.8, 4) is 5.75 Å². The first-order chi connectivity index (χ1) is 12.4. The minimum atomic E-state index is -3.11. The Morgan fingerprint density at radius 2 is 1.81 bits per heavy atom. The Balaban J connectivity index is 1.89. The van der Waals surface area contributed by atoms with Crippen molar-refractivity contribution in [2.75, 3.05) is 0 Å². The van der Waals surface area contributed by atoms with Crippen molar-refractivity contribution < 1.29 is 32.6 Å². The van der Waals surface area contributed by atoms with Gasteiger partial charge in [0.15, 0.2) is 6.10 Å². The fourth-order valence-electron chi connectivity index (χ4n) is 2.62. The van der Waals surface area contributed by atoms with Crippen LogP contribution in [-0.2, 0) is 9.53 Å². The number of halogens is 2. The molecule has 1 aromatic carbocycles. The number of nitrogens with one attached hydrogen (secondary N) is 2. The average molecular weight is 370 g/mol. The van der Waals surface area contributed by atoms with Gasteiger partial charge in [-0.1, -0.05) is 25.0 Å². The van der Waals surface area contributed by atoms with E-state index in [1.807, 2.05) is 0 Å². The fraction of sp³-hybridized carbons (Fsp3) is 0.471. The van der Waals surface area contributed by atoms with Crippen molar-refractivity contribution in [2.45, 2.75) is 51.4 Å². The summed E-state index contributed by atoms with van der Waals surface area (Å²) in [5.74, 6) is -2.19. The molecule has 0 bridgehead atoms. The summed E-state index contributed by atoms with van der Waals surface area (Å²) < 4.78 is 33.9. The van der Waals surface area contributed by atoms with E-state index in [0.717, 1.165) is 25.7 Å². The predicted octanol–water partition coefficient (Wildman–Crippen LogP) is 2.60. The highest BCUT2D eigenvalue weighted by Gasteiger charge is 2.24. The van der Waals surface area contributed by atoms with E-state index in [1.54, 1.807) is 0 Å². The molecule has 1 atom stereocenters. The zero-order chi connectivity index (χ0) is 19.1. The minimum absolute atomic E-state index is 0.0269. The molecule has 0 saturated heterocycles. The maximum atomic E-state index is 12.4. The maximum Gasteiger partial charge on any atom is 0.387 e. The topological polar surface area (TPSA) is 93.7 Å². The van der Waals surface area contributed by atoms with Gasteiger partial charge in [0.1, 0.15) is 11.3 Å². The van der Waals surface area contributed by atoms with Crippen molar-refractivity contribution in [3.63, 3.8) is 0 Å². The summed E-state index contributed by atoms with van der Waals surface area (Å²) in [6, 6.07) is 4.64. The second kappa shape index (κ2) is 9.12. The van der Waals surface area contributed by atoms with Crippen LogP contribution in [0.25, 0.3) is 0 Å². The summed E-state index contributed by atoms with van der Waals surface area (Å²) in [7, 11) is 0. The summed E-state index contributed by atoms with van der Waals surface area (Å²) in [5, 5.41) is 4.76. The molecule has 3 amide bonds. The first kappa shape index (κ1) is 19.6. The number of rotatable bonds is 6. The van der Waals surface area contributed by atoms with Gasteiger partial charge in [-0.25, -0.2) is 9.59 Å². The highest BCUT2D eigenvalue weighted by molar-refractivity contribution is 5.99. The van der Waals surface area contributed by atoms with Crippen molar-refractivity contribution in [1.82, 2.24) is 10.6 Å². The monoisotopic (exact) mass is 370 g/mol. The molecule has 0 heterocycles. The van der Waals surface area contributed by atoms with Gasteiger partial charge in [0.25, 0.3) is 5.91 Å². The lowest BCUT2D eigenvalue weighted by molar-refractivity contribution is -0.128. The Bertz CT molecular complexity index is 662. The highest BCUT2D eigenvalue weighted by atomic mass is 19.3. The number of para-hydroxylation sites is 1. The van der Waals surface area contributed by atoms with Crippen LogP contribution < -0.4 is 15.4 Å². The summed E-state index contributed by atoms with van der Waals surface area (Å²) in [6.45, 7) is -1.84. The van der Waals surface area contributed by atoms with Crippen LogP contribution in [0.5, 0.6) is 5.75 Å². The van der Waals surface area contributed by atoms with Gasteiger partial charge >= 0.3 is 18.6 Å². The molecule has 1 aromatic rings. The quantitative estimate of drug-likeness (QED) is 0.751. The maximum absolute atomic E-state index is 12.4. The molecule has 0 radical (unpaired) electrons. The van der Waals surface area contributed by atoms with E-state index in [9.17, 15) is 23.2 Å². The van der Waals surface area contributed by atoms with E-state index in [4.69, 9.17) is 4.74 Å². The highest BCUT2D eigenvalue weighted by Crippen LogP contribution is 2.21. The van der Waals surface area contributed by atoms with Crippen LogP contribution in [0, 0.1) is 0 Å². The lowest BCUT2D eigenvalue weighted by Gasteiger charge is -2.16. The normalized spacial score (nSPS) is 15.4. The standard InChI is InChI=1S/C17H20F2N2O5/c1-10(14(22)21-17(24)20-11-6-2-3-7-11)25-15(23)12-8-4-5-9-13(12)26-16(18)19/h4-5,8-11,16H,2-3,6-7H2,1H3,(H2,20,21,22,24)/t10-/m0/s1. The Labute approximate surface area is 149 Å². The number of ether oxygens (including phenoxy) is 2. The largest absolute Gasteiger partial charge is 0.449 e. The van der Waals surface area contributed by atoms with E-state index in [-0.39, 0.29) is 17.4 Å². The number of imide groups is 1. The molecule has 142 valence electrons. The third kappa shape index (κ3) is 5.68. The van der Waals surface area contributed by atoms with Crippen LogP contribution in [0.3, 0.4) is 0 Å². The molecule has 9 heteroatoms. The number of esters is 1. The van der Waals surface area contributed by atoms with E-state index >= 15 is 0 Å². The van der Waals surface area contributed by atoms with Crippen molar-refractivity contribution in [2.24, 2.45) is 0 Å². The number of benzene rings is 1. The average Bonchev–Trinajstić information content (AvgIpc) is 3.07. The van der Waals surface area contributed by atoms with Gasteiger partial charge in [0.05, 0.1) is 0 Å². The Morgan fingerprint density at radius 1 is 1.15 bits per heavy atom. The molecular weight excluding hydrogens is 350 g/mol. The molecule has 1 saturated carbocycles. The molecule has 2 rings (SSSR count). The summed E-state index contributed by atoms with van der Waals surface area (Å²) >= 11 is 0. The zero-order valence-corrected chi connectivity index (χ0v) is 14.2. The number of amides is 3. The van der Waals surface area contributed by atoms with Gasteiger partial charge in [-0.15, -0.1) is 0 Å². The molecule has 0 spiro atoms. The van der Waals surface area contributed by atoms with Crippen LogP contribution in [-0.4, -0.2) is 36.7 Å². The van der Waals surface area contributed by atoms with Gasteiger partial charge in [-0.05, 0) is 31.9 Å². The molecule has 26 heavy (non-hydrogen) atoms.